The predicted molar refractivity (Wildman–Crippen MR) is 83.4 cm³/mol. The minimum Gasteiger partial charge on any atom is -0.466 e. The van der Waals surface area contributed by atoms with Crippen molar-refractivity contribution in [2.45, 2.75) is 78.2 Å². The summed E-state index contributed by atoms with van der Waals surface area (Å²) in [7, 11) is 0. The molecule has 0 spiro atoms. The fourth-order valence-corrected chi connectivity index (χ4v) is 3.40. The van der Waals surface area contributed by atoms with Gasteiger partial charge in [-0.3, -0.25) is 9.48 Å². The lowest BCUT2D eigenvalue weighted by Gasteiger charge is -2.24. The van der Waals surface area contributed by atoms with Crippen molar-refractivity contribution in [1.82, 2.24) is 9.78 Å². The van der Waals surface area contributed by atoms with E-state index in [0.717, 1.165) is 24.1 Å². The maximum atomic E-state index is 11.9. The van der Waals surface area contributed by atoms with Gasteiger partial charge >= 0.3 is 5.97 Å². The SMILES string of the molecule is CCOC(=O)Cc1c(CC)nn(C2CCCCC2)c1CC. The van der Waals surface area contributed by atoms with Gasteiger partial charge in [0.1, 0.15) is 0 Å². The van der Waals surface area contributed by atoms with Gasteiger partial charge in [0.15, 0.2) is 0 Å². The molecule has 0 N–H and O–H groups in total. The van der Waals surface area contributed by atoms with Crippen molar-refractivity contribution < 1.29 is 9.53 Å². The van der Waals surface area contributed by atoms with Gasteiger partial charge in [0, 0.05) is 11.3 Å². The molecule has 0 unspecified atom stereocenters. The quantitative estimate of drug-likeness (QED) is 0.752. The molecular formula is C17H28N2O2. The van der Waals surface area contributed by atoms with Crippen molar-refractivity contribution in [3.05, 3.63) is 17.0 Å². The van der Waals surface area contributed by atoms with Crippen LogP contribution in [0.15, 0.2) is 0 Å². The van der Waals surface area contributed by atoms with Crippen LogP contribution in [0.3, 0.4) is 0 Å². The highest BCUT2D eigenvalue weighted by Crippen LogP contribution is 2.31. The Balaban J connectivity index is 2.29. The number of hydrogen-bond donors (Lipinski definition) is 0. The van der Waals surface area contributed by atoms with E-state index in [9.17, 15) is 4.79 Å². The minimum absolute atomic E-state index is 0.134. The van der Waals surface area contributed by atoms with E-state index in [0.29, 0.717) is 19.1 Å². The third kappa shape index (κ3) is 3.66. The average molecular weight is 292 g/mol. The third-order valence-electron chi connectivity index (χ3n) is 4.42. The molecule has 0 bridgehead atoms. The fourth-order valence-electron chi connectivity index (χ4n) is 3.40. The molecule has 0 atom stereocenters. The second-order valence-electron chi connectivity index (χ2n) is 5.80. The van der Waals surface area contributed by atoms with Crippen molar-refractivity contribution in [2.24, 2.45) is 0 Å². The Bertz CT molecular complexity index is 473. The van der Waals surface area contributed by atoms with E-state index in [1.54, 1.807) is 0 Å². The molecule has 1 saturated carbocycles. The van der Waals surface area contributed by atoms with Gasteiger partial charge in [-0.15, -0.1) is 0 Å². The van der Waals surface area contributed by atoms with E-state index in [1.807, 2.05) is 6.92 Å². The van der Waals surface area contributed by atoms with Crippen LogP contribution in [-0.4, -0.2) is 22.4 Å². The standard InChI is InChI=1S/C17H28N2O2/c1-4-15-14(12-17(20)21-6-3)16(5-2)19(18-15)13-10-8-7-9-11-13/h13H,4-12H2,1-3H3. The van der Waals surface area contributed by atoms with E-state index in [-0.39, 0.29) is 5.97 Å². The molecule has 1 fully saturated rings. The van der Waals surface area contributed by atoms with Gasteiger partial charge in [-0.25, -0.2) is 0 Å². The van der Waals surface area contributed by atoms with Gasteiger partial charge in [-0.05, 0) is 32.6 Å². The first-order valence-electron chi connectivity index (χ1n) is 8.45. The number of esters is 1. The number of rotatable bonds is 6. The normalized spacial score (nSPS) is 16.1. The second kappa shape index (κ2) is 7.62. The Hall–Kier alpha value is -1.32. The van der Waals surface area contributed by atoms with Crippen LogP contribution in [0.25, 0.3) is 0 Å². The van der Waals surface area contributed by atoms with Crippen molar-refractivity contribution in [3.8, 4) is 0 Å². The molecule has 4 heteroatoms. The molecule has 1 aromatic rings. The first kappa shape index (κ1) is 16.1. The van der Waals surface area contributed by atoms with Gasteiger partial charge < -0.3 is 4.74 Å². The van der Waals surface area contributed by atoms with E-state index in [2.05, 4.69) is 18.5 Å². The number of ether oxygens (including phenoxy) is 1. The summed E-state index contributed by atoms with van der Waals surface area (Å²) in [6.07, 6.45) is 8.54. The maximum absolute atomic E-state index is 11.9. The first-order valence-corrected chi connectivity index (χ1v) is 8.45. The van der Waals surface area contributed by atoms with E-state index < -0.39 is 0 Å². The lowest BCUT2D eigenvalue weighted by Crippen LogP contribution is -2.17. The van der Waals surface area contributed by atoms with Crippen LogP contribution in [0.5, 0.6) is 0 Å². The molecule has 0 aromatic carbocycles. The van der Waals surface area contributed by atoms with Crippen LogP contribution in [-0.2, 0) is 28.8 Å². The van der Waals surface area contributed by atoms with Crippen molar-refractivity contribution in [1.29, 1.82) is 0 Å². The zero-order valence-electron chi connectivity index (χ0n) is 13.7. The predicted octanol–water partition coefficient (Wildman–Crippen LogP) is 3.62. The smallest absolute Gasteiger partial charge is 0.310 e. The Morgan fingerprint density at radius 2 is 1.90 bits per heavy atom. The molecule has 1 aliphatic rings. The van der Waals surface area contributed by atoms with Gasteiger partial charge in [-0.1, -0.05) is 33.1 Å². The molecule has 1 aromatic heterocycles. The lowest BCUT2D eigenvalue weighted by molar-refractivity contribution is -0.142. The third-order valence-corrected chi connectivity index (χ3v) is 4.42. The molecule has 1 aliphatic carbocycles. The molecule has 1 heterocycles. The molecule has 118 valence electrons. The highest BCUT2D eigenvalue weighted by atomic mass is 16.5. The highest BCUT2D eigenvalue weighted by Gasteiger charge is 2.24. The van der Waals surface area contributed by atoms with Gasteiger partial charge in [-0.2, -0.15) is 5.10 Å². The number of nitrogens with zero attached hydrogens (tertiary/aromatic N) is 2. The van der Waals surface area contributed by atoms with E-state index in [4.69, 9.17) is 9.84 Å². The highest BCUT2D eigenvalue weighted by molar-refractivity contribution is 5.73. The summed E-state index contributed by atoms with van der Waals surface area (Å²) < 4.78 is 7.35. The molecule has 0 saturated heterocycles. The molecule has 0 amide bonds. The summed E-state index contributed by atoms with van der Waals surface area (Å²) in [5.41, 5.74) is 3.43. The topological polar surface area (TPSA) is 44.1 Å². The molecule has 2 rings (SSSR count). The summed E-state index contributed by atoms with van der Waals surface area (Å²) in [6.45, 7) is 6.56. The fraction of sp³-hybridized carbons (Fsp3) is 0.765. The van der Waals surface area contributed by atoms with Crippen LogP contribution >= 0.6 is 0 Å². The Morgan fingerprint density at radius 3 is 2.48 bits per heavy atom. The minimum atomic E-state index is -0.134. The van der Waals surface area contributed by atoms with Crippen molar-refractivity contribution in [2.75, 3.05) is 6.61 Å². The lowest BCUT2D eigenvalue weighted by atomic mass is 9.95. The number of carbonyl (C=O) groups is 1. The average Bonchev–Trinajstić information content (AvgIpc) is 2.86. The number of aryl methyl sites for hydroxylation is 1. The largest absolute Gasteiger partial charge is 0.466 e. The molecule has 4 nitrogen and oxygen atoms in total. The van der Waals surface area contributed by atoms with Crippen LogP contribution in [0, 0.1) is 0 Å². The van der Waals surface area contributed by atoms with Crippen molar-refractivity contribution >= 4 is 5.97 Å². The van der Waals surface area contributed by atoms with Gasteiger partial charge in [0.2, 0.25) is 0 Å². The summed E-state index contributed by atoms with van der Waals surface area (Å²) in [5, 5.41) is 4.85. The van der Waals surface area contributed by atoms with Crippen molar-refractivity contribution in [3.63, 3.8) is 0 Å². The van der Waals surface area contributed by atoms with Gasteiger partial charge in [0.05, 0.1) is 24.8 Å². The molecular weight excluding hydrogens is 264 g/mol. The summed E-state index contributed by atoms with van der Waals surface area (Å²) in [4.78, 5) is 11.9. The Kier molecular flexibility index (Phi) is 5.83. The van der Waals surface area contributed by atoms with E-state index >= 15 is 0 Å². The van der Waals surface area contributed by atoms with Crippen LogP contribution in [0.1, 0.15) is 75.9 Å². The van der Waals surface area contributed by atoms with Crippen LogP contribution < -0.4 is 0 Å². The first-order chi connectivity index (χ1) is 10.2. The number of carbonyl (C=O) groups excluding carboxylic acids is 1. The zero-order valence-corrected chi connectivity index (χ0v) is 13.7. The zero-order chi connectivity index (χ0) is 15.2. The summed E-state index contributed by atoms with van der Waals surface area (Å²) in [5.74, 6) is -0.134. The second-order valence-corrected chi connectivity index (χ2v) is 5.80. The number of hydrogen-bond acceptors (Lipinski definition) is 3. The van der Waals surface area contributed by atoms with Crippen LogP contribution in [0.2, 0.25) is 0 Å². The molecule has 0 radical (unpaired) electrons. The monoisotopic (exact) mass is 292 g/mol. The van der Waals surface area contributed by atoms with Crippen LogP contribution in [0.4, 0.5) is 0 Å². The maximum Gasteiger partial charge on any atom is 0.310 e. The molecule has 0 aliphatic heterocycles. The number of aromatic nitrogens is 2. The summed E-state index contributed by atoms with van der Waals surface area (Å²) >= 11 is 0. The Labute approximate surface area is 127 Å². The van der Waals surface area contributed by atoms with E-state index in [1.165, 1.54) is 37.8 Å². The Morgan fingerprint density at radius 1 is 1.19 bits per heavy atom. The van der Waals surface area contributed by atoms with Gasteiger partial charge in [0.25, 0.3) is 0 Å². The summed E-state index contributed by atoms with van der Waals surface area (Å²) in [6, 6.07) is 0.523. The molecule has 21 heavy (non-hydrogen) atoms.